The van der Waals surface area contributed by atoms with Gasteiger partial charge in [0.15, 0.2) is 0 Å². The minimum atomic E-state index is -0.396. The predicted octanol–water partition coefficient (Wildman–Crippen LogP) is -1.55. The minimum absolute atomic E-state index is 0.210. The van der Waals surface area contributed by atoms with E-state index in [1.54, 1.807) is 4.90 Å². The summed E-state index contributed by atoms with van der Waals surface area (Å²) in [5, 5.41) is 9.94. The number of amides is 1. The SMILES string of the molecule is CN(C)CC(O)CN1CCN(C(=O)c2cncc(=O)[nH]2)CC1. The van der Waals surface area contributed by atoms with Crippen LogP contribution in [0.25, 0.3) is 0 Å². The van der Waals surface area contributed by atoms with E-state index in [9.17, 15) is 14.7 Å². The van der Waals surface area contributed by atoms with Crippen molar-refractivity contribution < 1.29 is 9.90 Å². The minimum Gasteiger partial charge on any atom is -0.390 e. The lowest BCUT2D eigenvalue weighted by Gasteiger charge is -2.35. The molecule has 0 saturated carbocycles. The van der Waals surface area contributed by atoms with Crippen LogP contribution in [0.4, 0.5) is 0 Å². The summed E-state index contributed by atoms with van der Waals surface area (Å²) in [6.07, 6.45) is 2.12. The van der Waals surface area contributed by atoms with Gasteiger partial charge in [-0.2, -0.15) is 0 Å². The first kappa shape index (κ1) is 16.6. The molecule has 0 radical (unpaired) electrons. The molecule has 1 aliphatic rings. The molecule has 122 valence electrons. The average molecular weight is 309 g/mol. The number of carbonyl (C=O) groups excluding carboxylic acids is 1. The van der Waals surface area contributed by atoms with Crippen molar-refractivity contribution >= 4 is 5.91 Å². The highest BCUT2D eigenvalue weighted by molar-refractivity contribution is 5.92. The first-order valence-corrected chi connectivity index (χ1v) is 7.34. The second kappa shape index (κ2) is 7.48. The van der Waals surface area contributed by atoms with Crippen molar-refractivity contribution in [1.29, 1.82) is 0 Å². The van der Waals surface area contributed by atoms with Crippen molar-refractivity contribution in [2.75, 3.05) is 53.4 Å². The van der Waals surface area contributed by atoms with Crippen LogP contribution in [0.15, 0.2) is 17.2 Å². The Balaban J connectivity index is 1.84. The van der Waals surface area contributed by atoms with E-state index in [0.29, 0.717) is 39.3 Å². The number of hydrogen-bond acceptors (Lipinski definition) is 6. The van der Waals surface area contributed by atoms with Gasteiger partial charge in [-0.15, -0.1) is 0 Å². The third-order valence-electron chi connectivity index (χ3n) is 3.59. The summed E-state index contributed by atoms with van der Waals surface area (Å²) in [7, 11) is 3.85. The van der Waals surface area contributed by atoms with E-state index < -0.39 is 6.10 Å². The van der Waals surface area contributed by atoms with Crippen LogP contribution in [0.3, 0.4) is 0 Å². The number of β-amino-alcohol motifs (C(OH)–C–C–N with tert-alkyl or cyclic N) is 1. The number of hydrogen-bond donors (Lipinski definition) is 2. The summed E-state index contributed by atoms with van der Waals surface area (Å²) in [4.78, 5) is 35.5. The summed E-state index contributed by atoms with van der Waals surface area (Å²) < 4.78 is 0. The van der Waals surface area contributed by atoms with Crippen LogP contribution in [0.1, 0.15) is 10.5 Å². The molecule has 1 amide bonds. The normalized spacial score (nSPS) is 17.7. The van der Waals surface area contributed by atoms with E-state index in [1.807, 2.05) is 19.0 Å². The van der Waals surface area contributed by atoms with E-state index in [2.05, 4.69) is 14.9 Å². The Morgan fingerprint density at radius 2 is 2.05 bits per heavy atom. The standard InChI is InChI=1S/C14H23N5O3/c1-17(2)9-11(20)10-18-3-5-19(6-4-18)14(22)12-7-15-8-13(21)16-12/h7-8,11,20H,3-6,9-10H2,1-2H3,(H,16,21). The van der Waals surface area contributed by atoms with Gasteiger partial charge in [-0.05, 0) is 14.1 Å². The number of likely N-dealkylation sites (N-methyl/N-ethyl adjacent to an activating group) is 1. The summed E-state index contributed by atoms with van der Waals surface area (Å²) in [5.74, 6) is -0.210. The third-order valence-corrected chi connectivity index (χ3v) is 3.59. The highest BCUT2D eigenvalue weighted by Gasteiger charge is 2.24. The number of aliphatic hydroxyl groups is 1. The van der Waals surface area contributed by atoms with Gasteiger partial charge in [0.2, 0.25) is 0 Å². The predicted molar refractivity (Wildman–Crippen MR) is 81.8 cm³/mol. The molecule has 1 saturated heterocycles. The maximum atomic E-state index is 12.3. The molecule has 8 nitrogen and oxygen atoms in total. The molecule has 2 N–H and O–H groups in total. The molecule has 1 fully saturated rings. The zero-order valence-corrected chi connectivity index (χ0v) is 13.0. The van der Waals surface area contributed by atoms with Crippen LogP contribution in [-0.4, -0.2) is 95.1 Å². The largest absolute Gasteiger partial charge is 0.390 e. The molecule has 0 bridgehead atoms. The van der Waals surface area contributed by atoms with E-state index in [-0.39, 0.29) is 17.2 Å². The van der Waals surface area contributed by atoms with Gasteiger partial charge in [-0.3, -0.25) is 19.5 Å². The Labute approximate surface area is 129 Å². The van der Waals surface area contributed by atoms with Gasteiger partial charge in [0.1, 0.15) is 5.69 Å². The van der Waals surface area contributed by atoms with Crippen LogP contribution >= 0.6 is 0 Å². The molecule has 1 aromatic heterocycles. The zero-order valence-electron chi connectivity index (χ0n) is 13.0. The van der Waals surface area contributed by atoms with Crippen LogP contribution < -0.4 is 5.56 Å². The first-order valence-electron chi connectivity index (χ1n) is 7.34. The van der Waals surface area contributed by atoms with Gasteiger partial charge in [-0.25, -0.2) is 0 Å². The van der Waals surface area contributed by atoms with Crippen LogP contribution in [-0.2, 0) is 0 Å². The first-order chi connectivity index (χ1) is 10.5. The summed E-state index contributed by atoms with van der Waals surface area (Å²) >= 11 is 0. The van der Waals surface area contributed by atoms with Gasteiger partial charge in [0.05, 0.1) is 18.5 Å². The maximum absolute atomic E-state index is 12.3. The molecule has 1 aromatic rings. The average Bonchev–Trinajstić information content (AvgIpc) is 2.46. The van der Waals surface area contributed by atoms with Crippen molar-refractivity contribution in [1.82, 2.24) is 24.7 Å². The van der Waals surface area contributed by atoms with Crippen LogP contribution in [0, 0.1) is 0 Å². The second-order valence-corrected chi connectivity index (χ2v) is 5.82. The molecule has 1 atom stereocenters. The van der Waals surface area contributed by atoms with Gasteiger partial charge in [0, 0.05) is 39.3 Å². The topological polar surface area (TPSA) is 92.8 Å². The van der Waals surface area contributed by atoms with E-state index >= 15 is 0 Å². The molecule has 2 rings (SSSR count). The molecular formula is C14H23N5O3. The third kappa shape index (κ3) is 4.62. The molecule has 2 heterocycles. The quantitative estimate of drug-likeness (QED) is 0.684. The Kier molecular flexibility index (Phi) is 5.64. The van der Waals surface area contributed by atoms with Crippen LogP contribution in [0.5, 0.6) is 0 Å². The van der Waals surface area contributed by atoms with E-state index in [1.165, 1.54) is 6.20 Å². The Morgan fingerprint density at radius 3 is 2.64 bits per heavy atom. The number of nitrogens with zero attached hydrogens (tertiary/aromatic N) is 4. The summed E-state index contributed by atoms with van der Waals surface area (Å²) in [6.45, 7) is 3.79. The van der Waals surface area contributed by atoms with Crippen molar-refractivity contribution in [3.63, 3.8) is 0 Å². The number of aromatic nitrogens is 2. The zero-order chi connectivity index (χ0) is 16.1. The second-order valence-electron chi connectivity index (χ2n) is 5.82. The number of nitrogens with one attached hydrogen (secondary N) is 1. The molecule has 1 unspecified atom stereocenters. The van der Waals surface area contributed by atoms with Gasteiger partial charge < -0.3 is 19.9 Å². The molecular weight excluding hydrogens is 286 g/mol. The number of carbonyl (C=O) groups is 1. The molecule has 0 aliphatic carbocycles. The lowest BCUT2D eigenvalue weighted by molar-refractivity contribution is 0.0475. The summed E-state index contributed by atoms with van der Waals surface area (Å²) in [5.41, 5.74) is -0.162. The number of aromatic amines is 1. The molecule has 22 heavy (non-hydrogen) atoms. The van der Waals surface area contributed by atoms with Crippen molar-refractivity contribution in [3.8, 4) is 0 Å². The number of H-pyrrole nitrogens is 1. The molecule has 8 heteroatoms. The van der Waals surface area contributed by atoms with Crippen LogP contribution in [0.2, 0.25) is 0 Å². The van der Waals surface area contributed by atoms with Crippen molar-refractivity contribution in [3.05, 3.63) is 28.4 Å². The highest BCUT2D eigenvalue weighted by atomic mass is 16.3. The molecule has 1 aliphatic heterocycles. The smallest absolute Gasteiger partial charge is 0.272 e. The Hall–Kier alpha value is -1.77. The number of rotatable bonds is 5. The van der Waals surface area contributed by atoms with E-state index in [0.717, 1.165) is 6.20 Å². The fourth-order valence-corrected chi connectivity index (χ4v) is 2.57. The highest BCUT2D eigenvalue weighted by Crippen LogP contribution is 2.06. The molecule has 0 aromatic carbocycles. The lowest BCUT2D eigenvalue weighted by Crippen LogP contribution is -2.51. The van der Waals surface area contributed by atoms with Crippen molar-refractivity contribution in [2.45, 2.75) is 6.10 Å². The van der Waals surface area contributed by atoms with Gasteiger partial charge in [0.25, 0.3) is 11.5 Å². The lowest BCUT2D eigenvalue weighted by atomic mass is 10.2. The fraction of sp³-hybridized carbons (Fsp3) is 0.643. The Bertz CT molecular complexity index is 551. The number of piperazine rings is 1. The van der Waals surface area contributed by atoms with E-state index in [4.69, 9.17) is 0 Å². The van der Waals surface area contributed by atoms with Gasteiger partial charge >= 0.3 is 0 Å². The van der Waals surface area contributed by atoms with Gasteiger partial charge in [-0.1, -0.05) is 0 Å². The van der Waals surface area contributed by atoms with Crippen molar-refractivity contribution in [2.24, 2.45) is 0 Å². The maximum Gasteiger partial charge on any atom is 0.272 e. The summed E-state index contributed by atoms with van der Waals surface area (Å²) in [6, 6.07) is 0. The molecule has 0 spiro atoms. The Morgan fingerprint density at radius 1 is 1.36 bits per heavy atom. The monoisotopic (exact) mass is 309 g/mol. The fourth-order valence-electron chi connectivity index (χ4n) is 2.57. The number of aliphatic hydroxyl groups excluding tert-OH is 1.